The fourth-order valence-electron chi connectivity index (χ4n) is 1.67. The Labute approximate surface area is 119 Å². The summed E-state index contributed by atoms with van der Waals surface area (Å²) in [4.78, 5) is 0. The van der Waals surface area contributed by atoms with Crippen LogP contribution in [0.5, 0.6) is 5.75 Å². The third-order valence-corrected chi connectivity index (χ3v) is 2.86. The van der Waals surface area contributed by atoms with Crippen molar-refractivity contribution in [1.82, 2.24) is 0 Å². The summed E-state index contributed by atoms with van der Waals surface area (Å²) in [5, 5.41) is 9.66. The van der Waals surface area contributed by atoms with Crippen LogP contribution < -0.4 is 10.5 Å². The van der Waals surface area contributed by atoms with Crippen LogP contribution in [0, 0.1) is 5.82 Å². The van der Waals surface area contributed by atoms with E-state index in [0.29, 0.717) is 17.9 Å². The Hall–Kier alpha value is -1.17. The van der Waals surface area contributed by atoms with Crippen LogP contribution in [0.1, 0.15) is 38.3 Å². The number of hydrogen-bond donors (Lipinski definition) is 2. The predicted octanol–water partition coefficient (Wildman–Crippen LogP) is 2.40. The molecule has 0 amide bonds. The molecule has 0 aliphatic rings. The summed E-state index contributed by atoms with van der Waals surface area (Å²) in [5.41, 5.74) is 6.07. The minimum atomic E-state index is -0.719. The van der Waals surface area contributed by atoms with Crippen LogP contribution in [0.2, 0.25) is 0 Å². The standard InChI is InChI=1S/C15H24FNO3/c1-3-4-7-19-9-12(18)10-20-13-5-6-14(11(2)17)15(16)8-13/h5-6,8,11-12,18H,3-4,7,9-10,17H2,1-2H3/t11-,12?/m1/s1. The van der Waals surface area contributed by atoms with Crippen LogP contribution in [-0.4, -0.2) is 31.0 Å². The average Bonchev–Trinajstić information content (AvgIpc) is 2.41. The molecule has 5 heteroatoms. The first kappa shape index (κ1) is 16.9. The molecule has 114 valence electrons. The van der Waals surface area contributed by atoms with E-state index in [9.17, 15) is 9.50 Å². The first-order valence-electron chi connectivity index (χ1n) is 6.98. The lowest BCUT2D eigenvalue weighted by atomic mass is 10.1. The van der Waals surface area contributed by atoms with Gasteiger partial charge in [0, 0.05) is 24.3 Å². The van der Waals surface area contributed by atoms with Crippen molar-refractivity contribution in [2.45, 2.75) is 38.8 Å². The van der Waals surface area contributed by atoms with Crippen LogP contribution in [0.4, 0.5) is 4.39 Å². The number of aliphatic hydroxyl groups is 1. The minimum absolute atomic E-state index is 0.0725. The second kappa shape index (κ2) is 8.89. The van der Waals surface area contributed by atoms with Crippen molar-refractivity contribution in [3.05, 3.63) is 29.6 Å². The number of rotatable bonds is 9. The maximum absolute atomic E-state index is 13.7. The number of aliphatic hydroxyl groups excluding tert-OH is 1. The van der Waals surface area contributed by atoms with E-state index in [0.717, 1.165) is 12.8 Å². The fraction of sp³-hybridized carbons (Fsp3) is 0.600. The molecule has 0 saturated carbocycles. The second-order valence-corrected chi connectivity index (χ2v) is 4.87. The summed E-state index contributed by atoms with van der Waals surface area (Å²) in [6.45, 7) is 4.72. The Morgan fingerprint density at radius 1 is 1.35 bits per heavy atom. The second-order valence-electron chi connectivity index (χ2n) is 4.87. The van der Waals surface area contributed by atoms with Crippen LogP contribution in [0.15, 0.2) is 18.2 Å². The summed E-state index contributed by atoms with van der Waals surface area (Å²) in [5.74, 6) is -0.0225. The molecule has 0 saturated heterocycles. The maximum Gasteiger partial charge on any atom is 0.131 e. The molecule has 0 fully saturated rings. The van der Waals surface area contributed by atoms with E-state index in [2.05, 4.69) is 6.92 Å². The van der Waals surface area contributed by atoms with Crippen LogP contribution in [0.25, 0.3) is 0 Å². The van der Waals surface area contributed by atoms with Crippen LogP contribution in [-0.2, 0) is 4.74 Å². The van der Waals surface area contributed by atoms with Gasteiger partial charge in [0.05, 0.1) is 6.61 Å². The van der Waals surface area contributed by atoms with Gasteiger partial charge in [0.25, 0.3) is 0 Å². The van der Waals surface area contributed by atoms with Gasteiger partial charge < -0.3 is 20.3 Å². The monoisotopic (exact) mass is 285 g/mol. The topological polar surface area (TPSA) is 64.7 Å². The summed E-state index contributed by atoms with van der Waals surface area (Å²) in [6, 6.07) is 4.16. The van der Waals surface area contributed by atoms with Crippen molar-refractivity contribution in [3.63, 3.8) is 0 Å². The van der Waals surface area contributed by atoms with Gasteiger partial charge in [-0.25, -0.2) is 4.39 Å². The van der Waals surface area contributed by atoms with Gasteiger partial charge in [-0.15, -0.1) is 0 Å². The number of ether oxygens (including phenoxy) is 2. The molecule has 1 aromatic carbocycles. The molecule has 0 aromatic heterocycles. The minimum Gasteiger partial charge on any atom is -0.491 e. The zero-order valence-electron chi connectivity index (χ0n) is 12.1. The number of benzene rings is 1. The Kier molecular flexibility index (Phi) is 7.51. The number of halogens is 1. The Morgan fingerprint density at radius 3 is 2.70 bits per heavy atom. The van der Waals surface area contributed by atoms with E-state index < -0.39 is 11.9 Å². The quantitative estimate of drug-likeness (QED) is 0.684. The average molecular weight is 285 g/mol. The highest BCUT2D eigenvalue weighted by Gasteiger charge is 2.10. The van der Waals surface area contributed by atoms with E-state index in [1.165, 1.54) is 6.07 Å². The zero-order valence-corrected chi connectivity index (χ0v) is 12.1. The van der Waals surface area contributed by atoms with Gasteiger partial charge in [-0.1, -0.05) is 19.4 Å². The van der Waals surface area contributed by atoms with E-state index in [1.54, 1.807) is 19.1 Å². The van der Waals surface area contributed by atoms with Crippen LogP contribution in [0.3, 0.4) is 0 Å². The van der Waals surface area contributed by atoms with Crippen molar-refractivity contribution in [1.29, 1.82) is 0 Å². The predicted molar refractivity (Wildman–Crippen MR) is 76.2 cm³/mol. The number of nitrogens with two attached hydrogens (primary N) is 1. The van der Waals surface area contributed by atoms with Gasteiger partial charge in [-0.3, -0.25) is 0 Å². The largest absolute Gasteiger partial charge is 0.491 e. The maximum atomic E-state index is 13.7. The third-order valence-electron chi connectivity index (χ3n) is 2.86. The highest BCUT2D eigenvalue weighted by atomic mass is 19.1. The first-order valence-corrected chi connectivity index (χ1v) is 6.98. The zero-order chi connectivity index (χ0) is 15.0. The highest BCUT2D eigenvalue weighted by molar-refractivity contribution is 5.30. The molecule has 0 spiro atoms. The first-order chi connectivity index (χ1) is 9.54. The molecule has 2 atom stereocenters. The van der Waals surface area contributed by atoms with Crippen molar-refractivity contribution in [3.8, 4) is 5.75 Å². The van der Waals surface area contributed by atoms with Gasteiger partial charge in [0.2, 0.25) is 0 Å². The lowest BCUT2D eigenvalue weighted by Crippen LogP contribution is -2.23. The van der Waals surface area contributed by atoms with E-state index in [-0.39, 0.29) is 19.3 Å². The van der Waals surface area contributed by atoms with E-state index >= 15 is 0 Å². The summed E-state index contributed by atoms with van der Waals surface area (Å²) in [7, 11) is 0. The molecule has 4 nitrogen and oxygen atoms in total. The molecule has 0 heterocycles. The molecule has 0 radical (unpaired) electrons. The summed E-state index contributed by atoms with van der Waals surface area (Å²) in [6.07, 6.45) is 1.30. The van der Waals surface area contributed by atoms with Gasteiger partial charge >= 0.3 is 0 Å². The van der Waals surface area contributed by atoms with Gasteiger partial charge in [0.1, 0.15) is 24.3 Å². The van der Waals surface area contributed by atoms with Crippen molar-refractivity contribution in [2.75, 3.05) is 19.8 Å². The SMILES string of the molecule is CCCCOCC(O)COc1ccc([C@@H](C)N)c(F)c1. The lowest BCUT2D eigenvalue weighted by Gasteiger charge is -2.14. The Balaban J connectivity index is 2.36. The normalized spacial score (nSPS) is 14.1. The van der Waals surface area contributed by atoms with Gasteiger partial charge in [0.15, 0.2) is 0 Å². The molecular formula is C15H24FNO3. The molecule has 0 aliphatic heterocycles. The fourth-order valence-corrected chi connectivity index (χ4v) is 1.67. The third kappa shape index (κ3) is 5.86. The molecule has 0 aliphatic carbocycles. The molecule has 3 N–H and O–H groups in total. The smallest absolute Gasteiger partial charge is 0.131 e. The lowest BCUT2D eigenvalue weighted by molar-refractivity contribution is 0.0112. The molecule has 20 heavy (non-hydrogen) atoms. The number of unbranched alkanes of at least 4 members (excludes halogenated alkanes) is 1. The van der Waals surface area contributed by atoms with Crippen molar-refractivity contribution < 1.29 is 19.0 Å². The molecule has 1 unspecified atom stereocenters. The Morgan fingerprint density at radius 2 is 2.10 bits per heavy atom. The molecule has 0 bridgehead atoms. The van der Waals surface area contributed by atoms with Crippen LogP contribution >= 0.6 is 0 Å². The highest BCUT2D eigenvalue weighted by Crippen LogP contribution is 2.20. The molecular weight excluding hydrogens is 261 g/mol. The molecule has 1 aromatic rings. The van der Waals surface area contributed by atoms with Gasteiger partial charge in [-0.2, -0.15) is 0 Å². The number of hydrogen-bond acceptors (Lipinski definition) is 4. The molecule has 1 rings (SSSR count). The van der Waals surface area contributed by atoms with E-state index in [1.807, 2.05) is 0 Å². The van der Waals surface area contributed by atoms with Crippen molar-refractivity contribution >= 4 is 0 Å². The van der Waals surface area contributed by atoms with E-state index in [4.69, 9.17) is 15.2 Å². The summed E-state index contributed by atoms with van der Waals surface area (Å²) >= 11 is 0. The van der Waals surface area contributed by atoms with Gasteiger partial charge in [-0.05, 0) is 19.4 Å². The summed E-state index contributed by atoms with van der Waals surface area (Å²) < 4.78 is 24.3. The van der Waals surface area contributed by atoms with Crippen molar-refractivity contribution in [2.24, 2.45) is 5.73 Å². The Bertz CT molecular complexity index is 399.